The Labute approximate surface area is 77.6 Å². The second-order valence-corrected chi connectivity index (χ2v) is 2.95. The topological polar surface area (TPSA) is 24.6 Å². The van der Waals surface area contributed by atoms with Crippen LogP contribution in [0.15, 0.2) is 35.5 Å². The minimum absolute atomic E-state index is 0.933. The molecular formula is C10H12N2O. The van der Waals surface area contributed by atoms with Crippen LogP contribution in [0.5, 0.6) is 0 Å². The second-order valence-electron chi connectivity index (χ2n) is 2.95. The van der Waals surface area contributed by atoms with Gasteiger partial charge in [0.15, 0.2) is 5.84 Å². The summed E-state index contributed by atoms with van der Waals surface area (Å²) >= 11 is 0. The van der Waals surface area contributed by atoms with E-state index in [1.54, 1.807) is 7.11 Å². The summed E-state index contributed by atoms with van der Waals surface area (Å²) in [7, 11) is 1.58. The van der Waals surface area contributed by atoms with Crippen molar-refractivity contribution in [3.8, 4) is 0 Å². The summed E-state index contributed by atoms with van der Waals surface area (Å²) in [6.07, 6.45) is 0. The van der Waals surface area contributed by atoms with Crippen LogP contribution in [-0.4, -0.2) is 30.9 Å². The number of oxime groups is 1. The van der Waals surface area contributed by atoms with Crippen molar-refractivity contribution in [3.05, 3.63) is 35.9 Å². The van der Waals surface area contributed by atoms with Gasteiger partial charge >= 0.3 is 0 Å². The summed E-state index contributed by atoms with van der Waals surface area (Å²) in [5, 5.41) is 4.00. The molecule has 3 nitrogen and oxygen atoms in total. The lowest BCUT2D eigenvalue weighted by molar-refractivity contribution is 0.210. The van der Waals surface area contributed by atoms with Gasteiger partial charge in [-0.05, 0) is 0 Å². The molecule has 1 aliphatic rings. The number of hydrogen-bond donors (Lipinski definition) is 0. The lowest BCUT2D eigenvalue weighted by Gasteiger charge is -2.05. The number of amidine groups is 1. The van der Waals surface area contributed by atoms with E-state index in [4.69, 9.17) is 4.84 Å². The molecule has 0 aromatic heterocycles. The molecule has 0 bridgehead atoms. The first kappa shape index (κ1) is 8.10. The highest BCUT2D eigenvalue weighted by Gasteiger charge is 2.23. The zero-order valence-electron chi connectivity index (χ0n) is 7.60. The maximum absolute atomic E-state index is 4.81. The minimum Gasteiger partial charge on any atom is -0.397 e. The maximum Gasteiger partial charge on any atom is 0.175 e. The SMILES string of the molecule is CO/N=C(/c1ccccc1)N1CC1. The molecule has 1 aromatic rings. The molecule has 1 aromatic carbocycles. The molecular weight excluding hydrogens is 164 g/mol. The van der Waals surface area contributed by atoms with E-state index < -0.39 is 0 Å². The van der Waals surface area contributed by atoms with Crippen LogP contribution in [0.25, 0.3) is 0 Å². The van der Waals surface area contributed by atoms with Crippen molar-refractivity contribution in [2.24, 2.45) is 5.16 Å². The zero-order chi connectivity index (χ0) is 9.10. The Bertz CT molecular complexity index is 304. The quantitative estimate of drug-likeness (QED) is 0.294. The largest absolute Gasteiger partial charge is 0.397 e. The third-order valence-corrected chi connectivity index (χ3v) is 1.96. The molecule has 0 radical (unpaired) electrons. The van der Waals surface area contributed by atoms with E-state index in [1.165, 1.54) is 0 Å². The molecule has 1 fully saturated rings. The van der Waals surface area contributed by atoms with Crippen LogP contribution in [0.1, 0.15) is 5.56 Å². The molecule has 68 valence electrons. The van der Waals surface area contributed by atoms with Gasteiger partial charge in [0, 0.05) is 18.7 Å². The van der Waals surface area contributed by atoms with Gasteiger partial charge in [0.05, 0.1) is 0 Å². The van der Waals surface area contributed by atoms with Crippen LogP contribution in [-0.2, 0) is 4.84 Å². The van der Waals surface area contributed by atoms with Gasteiger partial charge in [-0.2, -0.15) is 0 Å². The standard InChI is InChI=1S/C10H12N2O/c1-13-11-10(12-7-8-12)9-5-3-2-4-6-9/h2-6H,7-8H2,1H3/b11-10-. The van der Waals surface area contributed by atoms with Gasteiger partial charge < -0.3 is 9.74 Å². The van der Waals surface area contributed by atoms with E-state index in [0.29, 0.717) is 0 Å². The van der Waals surface area contributed by atoms with Crippen LogP contribution < -0.4 is 0 Å². The van der Waals surface area contributed by atoms with Crippen molar-refractivity contribution in [3.63, 3.8) is 0 Å². The third-order valence-electron chi connectivity index (χ3n) is 1.96. The summed E-state index contributed by atoms with van der Waals surface area (Å²) in [4.78, 5) is 6.97. The monoisotopic (exact) mass is 176 g/mol. The summed E-state index contributed by atoms with van der Waals surface area (Å²) < 4.78 is 0. The van der Waals surface area contributed by atoms with Crippen LogP contribution in [0, 0.1) is 0 Å². The Balaban J connectivity index is 2.25. The molecule has 3 heteroatoms. The first-order valence-corrected chi connectivity index (χ1v) is 4.33. The van der Waals surface area contributed by atoms with Gasteiger partial charge in [0.2, 0.25) is 0 Å². The van der Waals surface area contributed by atoms with Gasteiger partial charge in [-0.25, -0.2) is 0 Å². The summed E-state index contributed by atoms with van der Waals surface area (Å²) in [6.45, 7) is 2.16. The Hall–Kier alpha value is -1.51. The van der Waals surface area contributed by atoms with Gasteiger partial charge in [0.1, 0.15) is 7.11 Å². The van der Waals surface area contributed by atoms with Crippen molar-refractivity contribution in [2.75, 3.05) is 20.2 Å². The normalized spacial score (nSPS) is 15.8. The average Bonchev–Trinajstić information content (AvgIpc) is 2.99. The number of benzene rings is 1. The van der Waals surface area contributed by atoms with E-state index in [0.717, 1.165) is 24.5 Å². The van der Waals surface area contributed by atoms with Gasteiger partial charge in [-0.3, -0.25) is 0 Å². The molecule has 0 atom stereocenters. The van der Waals surface area contributed by atoms with Gasteiger partial charge in [-0.15, -0.1) is 0 Å². The summed E-state index contributed by atoms with van der Waals surface area (Å²) in [5.41, 5.74) is 1.11. The first-order chi connectivity index (χ1) is 6.42. The highest BCUT2D eigenvalue weighted by Crippen LogP contribution is 2.13. The number of rotatable bonds is 2. The molecule has 1 heterocycles. The molecule has 0 spiro atoms. The van der Waals surface area contributed by atoms with Crippen molar-refractivity contribution >= 4 is 5.84 Å². The molecule has 1 aliphatic heterocycles. The molecule has 1 saturated heterocycles. The van der Waals surface area contributed by atoms with Crippen LogP contribution in [0.2, 0.25) is 0 Å². The number of nitrogens with zero attached hydrogens (tertiary/aromatic N) is 2. The lowest BCUT2D eigenvalue weighted by atomic mass is 10.2. The van der Waals surface area contributed by atoms with Crippen LogP contribution in [0.4, 0.5) is 0 Å². The fraction of sp³-hybridized carbons (Fsp3) is 0.300. The van der Waals surface area contributed by atoms with Crippen molar-refractivity contribution < 1.29 is 4.84 Å². The molecule has 0 aliphatic carbocycles. The predicted molar refractivity (Wildman–Crippen MR) is 51.6 cm³/mol. The second kappa shape index (κ2) is 3.47. The number of hydrogen-bond acceptors (Lipinski definition) is 2. The lowest BCUT2D eigenvalue weighted by Crippen LogP contribution is -2.12. The summed E-state index contributed by atoms with van der Waals surface area (Å²) in [5.74, 6) is 0.933. The van der Waals surface area contributed by atoms with E-state index in [-0.39, 0.29) is 0 Å². The highest BCUT2D eigenvalue weighted by atomic mass is 16.6. The Morgan fingerprint density at radius 3 is 2.54 bits per heavy atom. The average molecular weight is 176 g/mol. The molecule has 2 rings (SSSR count). The minimum atomic E-state index is 0.933. The van der Waals surface area contributed by atoms with Crippen molar-refractivity contribution in [2.45, 2.75) is 0 Å². The van der Waals surface area contributed by atoms with Crippen LogP contribution in [0.3, 0.4) is 0 Å². The van der Waals surface area contributed by atoms with E-state index in [1.807, 2.05) is 30.3 Å². The fourth-order valence-corrected chi connectivity index (χ4v) is 1.23. The molecule has 0 unspecified atom stereocenters. The van der Waals surface area contributed by atoms with Crippen LogP contribution >= 0.6 is 0 Å². The summed E-state index contributed by atoms with van der Waals surface area (Å²) in [6, 6.07) is 10.1. The smallest absolute Gasteiger partial charge is 0.175 e. The first-order valence-electron chi connectivity index (χ1n) is 4.33. The maximum atomic E-state index is 4.81. The molecule has 0 saturated carbocycles. The van der Waals surface area contributed by atoms with Crippen molar-refractivity contribution in [1.82, 2.24) is 4.90 Å². The molecule has 0 N–H and O–H groups in total. The Morgan fingerprint density at radius 1 is 1.31 bits per heavy atom. The van der Waals surface area contributed by atoms with Gasteiger partial charge in [0.25, 0.3) is 0 Å². The molecule has 13 heavy (non-hydrogen) atoms. The predicted octanol–water partition coefficient (Wildman–Crippen LogP) is 1.31. The fourth-order valence-electron chi connectivity index (χ4n) is 1.23. The van der Waals surface area contributed by atoms with E-state index >= 15 is 0 Å². The van der Waals surface area contributed by atoms with E-state index in [2.05, 4.69) is 10.1 Å². The van der Waals surface area contributed by atoms with Crippen molar-refractivity contribution in [1.29, 1.82) is 0 Å². The molecule has 0 amide bonds. The van der Waals surface area contributed by atoms with E-state index in [9.17, 15) is 0 Å². The third kappa shape index (κ3) is 1.80. The van der Waals surface area contributed by atoms with Gasteiger partial charge in [-0.1, -0.05) is 35.5 Å². The zero-order valence-corrected chi connectivity index (χ0v) is 7.60. The Kier molecular flexibility index (Phi) is 2.17. The highest BCUT2D eigenvalue weighted by molar-refractivity contribution is 5.99. The Morgan fingerprint density at radius 2 is 2.00 bits per heavy atom.